The van der Waals surface area contributed by atoms with Crippen LogP contribution in [-0.4, -0.2) is 24.2 Å². The first kappa shape index (κ1) is 10.8. The molecule has 0 unspecified atom stereocenters. The molecule has 86 valence electrons. The zero-order chi connectivity index (χ0) is 11.9. The van der Waals surface area contributed by atoms with Gasteiger partial charge in [-0.1, -0.05) is 13.8 Å². The number of nitrogens with zero attached hydrogens (tertiary/aromatic N) is 1. The number of rotatable bonds is 2. The summed E-state index contributed by atoms with van der Waals surface area (Å²) in [6.45, 7) is 6.07. The molecule has 1 aliphatic heterocycles. The molecule has 16 heavy (non-hydrogen) atoms. The van der Waals surface area contributed by atoms with E-state index in [1.807, 2.05) is 0 Å². The lowest BCUT2D eigenvalue weighted by Crippen LogP contribution is -2.53. The van der Waals surface area contributed by atoms with Gasteiger partial charge in [-0.2, -0.15) is 0 Å². The summed E-state index contributed by atoms with van der Waals surface area (Å²) in [5.74, 6) is -0.903. The lowest BCUT2D eigenvalue weighted by Gasteiger charge is -2.47. The summed E-state index contributed by atoms with van der Waals surface area (Å²) < 4.78 is 0. The summed E-state index contributed by atoms with van der Waals surface area (Å²) in [5, 5.41) is 9.09. The van der Waals surface area contributed by atoms with Gasteiger partial charge in [-0.25, -0.2) is 4.79 Å². The smallest absolute Gasteiger partial charge is 0.337 e. The van der Waals surface area contributed by atoms with E-state index in [-0.39, 0.29) is 5.41 Å². The topological polar surface area (TPSA) is 66.6 Å². The van der Waals surface area contributed by atoms with Crippen LogP contribution in [0, 0.1) is 5.41 Å². The van der Waals surface area contributed by atoms with E-state index in [1.165, 1.54) is 0 Å². The van der Waals surface area contributed by atoms with Crippen molar-refractivity contribution in [3.63, 3.8) is 0 Å². The molecule has 0 bridgehead atoms. The van der Waals surface area contributed by atoms with Gasteiger partial charge in [0.05, 0.1) is 11.3 Å². The third-order valence-electron chi connectivity index (χ3n) is 2.83. The molecule has 4 nitrogen and oxygen atoms in total. The second-order valence-electron chi connectivity index (χ2n) is 5.10. The van der Waals surface area contributed by atoms with Crippen LogP contribution in [0.2, 0.25) is 0 Å². The highest BCUT2D eigenvalue weighted by molar-refractivity contribution is 5.95. The largest absolute Gasteiger partial charge is 0.478 e. The van der Waals surface area contributed by atoms with Crippen molar-refractivity contribution in [3.05, 3.63) is 23.8 Å². The summed E-state index contributed by atoms with van der Waals surface area (Å²) in [5.41, 5.74) is 7.61. The molecule has 1 heterocycles. The number of carboxylic acid groups (broad SMARTS) is 1. The summed E-state index contributed by atoms with van der Waals surface area (Å²) in [7, 11) is 0. The van der Waals surface area contributed by atoms with Crippen LogP contribution < -0.4 is 10.6 Å². The Morgan fingerprint density at radius 2 is 2.06 bits per heavy atom. The Morgan fingerprint density at radius 1 is 1.44 bits per heavy atom. The fraction of sp³-hybridized carbons (Fsp3) is 0.417. The van der Waals surface area contributed by atoms with Crippen molar-refractivity contribution in [2.45, 2.75) is 13.8 Å². The van der Waals surface area contributed by atoms with Gasteiger partial charge in [0.2, 0.25) is 0 Å². The summed E-state index contributed by atoms with van der Waals surface area (Å²) in [4.78, 5) is 13.1. The van der Waals surface area contributed by atoms with Gasteiger partial charge in [-0.15, -0.1) is 0 Å². The first-order chi connectivity index (χ1) is 7.39. The number of nitrogen functional groups attached to an aromatic ring is 1. The van der Waals surface area contributed by atoms with Crippen LogP contribution in [0.5, 0.6) is 0 Å². The number of benzene rings is 1. The Labute approximate surface area is 94.7 Å². The third-order valence-corrected chi connectivity index (χ3v) is 2.83. The van der Waals surface area contributed by atoms with Gasteiger partial charge >= 0.3 is 5.97 Å². The molecule has 3 N–H and O–H groups in total. The number of aromatic carboxylic acids is 1. The summed E-state index contributed by atoms with van der Waals surface area (Å²) in [6, 6.07) is 4.93. The standard InChI is InChI=1S/C12H16N2O2/c1-12(2)6-14(7-12)10-5-8(13)3-4-9(10)11(15)16/h3-5H,6-7,13H2,1-2H3,(H,15,16). The quantitative estimate of drug-likeness (QED) is 0.746. The molecule has 1 aromatic rings. The van der Waals surface area contributed by atoms with E-state index in [1.54, 1.807) is 18.2 Å². The molecule has 1 saturated heterocycles. The molecule has 0 aromatic heterocycles. The highest BCUT2D eigenvalue weighted by Crippen LogP contribution is 2.36. The van der Waals surface area contributed by atoms with Gasteiger partial charge in [0.25, 0.3) is 0 Å². The lowest BCUT2D eigenvalue weighted by atomic mass is 9.83. The Bertz CT molecular complexity index is 433. The minimum absolute atomic E-state index is 0.264. The average Bonchev–Trinajstić information content (AvgIpc) is 2.13. The molecule has 1 aromatic carbocycles. The molecule has 0 spiro atoms. The molecule has 1 fully saturated rings. The molecule has 0 atom stereocenters. The van der Waals surface area contributed by atoms with E-state index in [9.17, 15) is 4.79 Å². The van der Waals surface area contributed by atoms with E-state index in [2.05, 4.69) is 18.7 Å². The van der Waals surface area contributed by atoms with E-state index in [4.69, 9.17) is 10.8 Å². The normalized spacial score (nSPS) is 18.0. The van der Waals surface area contributed by atoms with Crippen molar-refractivity contribution in [1.29, 1.82) is 0 Å². The second-order valence-corrected chi connectivity index (χ2v) is 5.10. The minimum Gasteiger partial charge on any atom is -0.478 e. The van der Waals surface area contributed by atoms with E-state index < -0.39 is 5.97 Å². The molecule has 4 heteroatoms. The predicted molar refractivity (Wildman–Crippen MR) is 63.8 cm³/mol. The van der Waals surface area contributed by atoms with Crippen molar-refractivity contribution in [2.24, 2.45) is 5.41 Å². The molecule has 0 radical (unpaired) electrons. The van der Waals surface area contributed by atoms with Crippen molar-refractivity contribution >= 4 is 17.3 Å². The van der Waals surface area contributed by atoms with Gasteiger partial charge in [0.15, 0.2) is 0 Å². The molecule has 1 aliphatic rings. The van der Waals surface area contributed by atoms with Crippen LogP contribution in [0.4, 0.5) is 11.4 Å². The number of hydrogen-bond donors (Lipinski definition) is 2. The Hall–Kier alpha value is -1.71. The molecular weight excluding hydrogens is 204 g/mol. The molecule has 0 amide bonds. The fourth-order valence-corrected chi connectivity index (χ4v) is 2.15. The lowest BCUT2D eigenvalue weighted by molar-refractivity contribution is 0.0696. The van der Waals surface area contributed by atoms with E-state index in [0.29, 0.717) is 11.3 Å². The van der Waals surface area contributed by atoms with Crippen LogP contribution in [-0.2, 0) is 0 Å². The molecular formula is C12H16N2O2. The highest BCUT2D eigenvalue weighted by atomic mass is 16.4. The highest BCUT2D eigenvalue weighted by Gasteiger charge is 2.35. The number of anilines is 2. The fourth-order valence-electron chi connectivity index (χ4n) is 2.15. The zero-order valence-corrected chi connectivity index (χ0v) is 9.53. The summed E-state index contributed by atoms with van der Waals surface area (Å²) in [6.07, 6.45) is 0. The van der Waals surface area contributed by atoms with Crippen molar-refractivity contribution in [3.8, 4) is 0 Å². The molecule has 2 rings (SSSR count). The van der Waals surface area contributed by atoms with Crippen molar-refractivity contribution < 1.29 is 9.90 Å². The van der Waals surface area contributed by atoms with Crippen molar-refractivity contribution in [2.75, 3.05) is 23.7 Å². The van der Waals surface area contributed by atoms with Crippen LogP contribution in [0.1, 0.15) is 24.2 Å². The van der Waals surface area contributed by atoms with Crippen LogP contribution in [0.25, 0.3) is 0 Å². The Kier molecular flexibility index (Phi) is 2.30. The number of nitrogens with two attached hydrogens (primary N) is 1. The first-order valence-electron chi connectivity index (χ1n) is 5.27. The number of carboxylic acids is 1. The van der Waals surface area contributed by atoms with Gasteiger partial charge in [-0.3, -0.25) is 0 Å². The van der Waals surface area contributed by atoms with Crippen LogP contribution in [0.15, 0.2) is 18.2 Å². The SMILES string of the molecule is CC1(C)CN(c2cc(N)ccc2C(=O)O)C1. The summed E-state index contributed by atoms with van der Waals surface area (Å²) >= 11 is 0. The maximum atomic E-state index is 11.1. The van der Waals surface area contributed by atoms with Gasteiger partial charge in [0.1, 0.15) is 0 Å². The number of hydrogen-bond acceptors (Lipinski definition) is 3. The molecule has 0 saturated carbocycles. The van der Waals surface area contributed by atoms with Crippen LogP contribution >= 0.6 is 0 Å². The zero-order valence-electron chi connectivity index (χ0n) is 9.53. The van der Waals surface area contributed by atoms with E-state index in [0.717, 1.165) is 18.8 Å². The minimum atomic E-state index is -0.903. The third kappa shape index (κ3) is 1.83. The Morgan fingerprint density at radius 3 is 2.56 bits per heavy atom. The maximum Gasteiger partial charge on any atom is 0.337 e. The first-order valence-corrected chi connectivity index (χ1v) is 5.27. The monoisotopic (exact) mass is 220 g/mol. The number of carbonyl (C=O) groups is 1. The van der Waals surface area contributed by atoms with Crippen molar-refractivity contribution in [1.82, 2.24) is 0 Å². The predicted octanol–water partition coefficient (Wildman–Crippen LogP) is 1.81. The van der Waals surface area contributed by atoms with E-state index >= 15 is 0 Å². The van der Waals surface area contributed by atoms with Gasteiger partial charge in [0, 0.05) is 18.8 Å². The second kappa shape index (κ2) is 3.40. The van der Waals surface area contributed by atoms with Crippen LogP contribution in [0.3, 0.4) is 0 Å². The molecule has 0 aliphatic carbocycles. The maximum absolute atomic E-state index is 11.1. The van der Waals surface area contributed by atoms with Gasteiger partial charge in [-0.05, 0) is 23.6 Å². The average molecular weight is 220 g/mol. The Balaban J connectivity index is 2.33. The van der Waals surface area contributed by atoms with Gasteiger partial charge < -0.3 is 15.7 Å².